The number of pyridine rings is 1. The van der Waals surface area contributed by atoms with Crippen molar-refractivity contribution in [2.45, 2.75) is 13.0 Å². The monoisotopic (exact) mass is 443 g/mol. The van der Waals surface area contributed by atoms with Gasteiger partial charge in [0, 0.05) is 58.6 Å². The number of nitrogens with zero attached hydrogens (tertiary/aromatic N) is 5. The van der Waals surface area contributed by atoms with Crippen molar-refractivity contribution in [1.82, 2.24) is 19.3 Å². The molecule has 3 aliphatic heterocycles. The molecule has 8 nitrogen and oxygen atoms in total. The lowest BCUT2D eigenvalue weighted by Crippen LogP contribution is -2.48. The van der Waals surface area contributed by atoms with Crippen molar-refractivity contribution in [2.24, 2.45) is 0 Å². The number of aromatic nitrogens is 1. The van der Waals surface area contributed by atoms with Crippen LogP contribution in [0, 0.1) is 5.82 Å². The van der Waals surface area contributed by atoms with E-state index in [1.165, 1.54) is 6.07 Å². The van der Waals surface area contributed by atoms with Crippen LogP contribution in [0.15, 0.2) is 17.1 Å². The van der Waals surface area contributed by atoms with Crippen LogP contribution in [-0.4, -0.2) is 98.2 Å². The first-order valence-electron chi connectivity index (χ1n) is 11.3. The van der Waals surface area contributed by atoms with Gasteiger partial charge < -0.3 is 28.9 Å². The lowest BCUT2D eigenvalue weighted by Gasteiger charge is -2.37. The van der Waals surface area contributed by atoms with Crippen molar-refractivity contribution in [3.8, 4) is 5.75 Å². The van der Waals surface area contributed by atoms with Crippen molar-refractivity contribution in [3.63, 3.8) is 0 Å². The number of amides is 1. The summed E-state index contributed by atoms with van der Waals surface area (Å²) in [5, 5.41) is 0.210. The summed E-state index contributed by atoms with van der Waals surface area (Å²) in [6.45, 7) is 8.07. The molecule has 0 bridgehead atoms. The summed E-state index contributed by atoms with van der Waals surface area (Å²) in [4.78, 5) is 34.7. The SMILES string of the molecule is CC1COc2c(N3CCN(C)CC3)c(F)cc3c(=O)c(C(=O)N4CCN(C)CC4)cn1c23. The van der Waals surface area contributed by atoms with Crippen LogP contribution in [0.4, 0.5) is 10.1 Å². The molecule has 1 unspecified atom stereocenters. The number of benzene rings is 1. The number of piperazine rings is 2. The molecule has 0 saturated carbocycles. The number of ether oxygens (including phenoxy) is 1. The zero-order valence-corrected chi connectivity index (χ0v) is 18.9. The van der Waals surface area contributed by atoms with Crippen LogP contribution >= 0.6 is 0 Å². The molecule has 0 N–H and O–H groups in total. The van der Waals surface area contributed by atoms with E-state index >= 15 is 4.39 Å². The lowest BCUT2D eigenvalue weighted by molar-refractivity contribution is 0.0661. The fourth-order valence-corrected chi connectivity index (χ4v) is 4.87. The molecular formula is C23H30FN5O3. The Morgan fingerprint density at radius 1 is 1.03 bits per heavy atom. The highest BCUT2D eigenvalue weighted by molar-refractivity contribution is 6.00. The number of hydrogen-bond acceptors (Lipinski definition) is 6. The van der Waals surface area contributed by atoms with Gasteiger partial charge in [-0.2, -0.15) is 0 Å². The predicted octanol–water partition coefficient (Wildman–Crippen LogP) is 1.23. The fourth-order valence-electron chi connectivity index (χ4n) is 4.87. The third-order valence-electron chi connectivity index (χ3n) is 6.98. The highest BCUT2D eigenvalue weighted by atomic mass is 19.1. The molecule has 5 rings (SSSR count). The molecule has 1 aromatic carbocycles. The molecule has 3 aliphatic rings. The van der Waals surface area contributed by atoms with Crippen molar-refractivity contribution in [1.29, 1.82) is 0 Å². The quantitative estimate of drug-likeness (QED) is 0.696. The molecule has 0 spiro atoms. The average Bonchev–Trinajstić information content (AvgIpc) is 2.78. The highest BCUT2D eigenvalue weighted by Gasteiger charge is 2.32. The molecule has 9 heteroatoms. The number of rotatable bonds is 2. The first-order valence-corrected chi connectivity index (χ1v) is 11.3. The Labute approximate surface area is 186 Å². The second-order valence-corrected chi connectivity index (χ2v) is 9.26. The van der Waals surface area contributed by atoms with Crippen LogP contribution < -0.4 is 15.1 Å². The zero-order chi connectivity index (χ0) is 22.6. The van der Waals surface area contributed by atoms with E-state index < -0.39 is 11.2 Å². The standard InChI is InChI=1S/C23H30FN5O3/c1-15-14-32-22-19-16(12-18(24)20(22)27-8-4-25(2)5-9-27)21(30)17(13-29(15)19)23(31)28-10-6-26(3)7-11-28/h12-13,15H,4-11,14H2,1-3H3. The fraction of sp³-hybridized carbons (Fsp3) is 0.565. The summed E-state index contributed by atoms with van der Waals surface area (Å²) < 4.78 is 23.4. The van der Waals surface area contributed by atoms with Gasteiger partial charge in [-0.15, -0.1) is 0 Å². The maximum Gasteiger partial charge on any atom is 0.259 e. The van der Waals surface area contributed by atoms with Gasteiger partial charge in [0.25, 0.3) is 5.91 Å². The van der Waals surface area contributed by atoms with E-state index in [2.05, 4.69) is 9.80 Å². The number of hydrogen-bond donors (Lipinski definition) is 0. The van der Waals surface area contributed by atoms with Gasteiger partial charge in [0.2, 0.25) is 5.43 Å². The van der Waals surface area contributed by atoms with Gasteiger partial charge in [0.05, 0.1) is 16.9 Å². The Kier molecular flexibility index (Phi) is 5.33. The molecule has 0 radical (unpaired) electrons. The van der Waals surface area contributed by atoms with E-state index in [9.17, 15) is 9.59 Å². The zero-order valence-electron chi connectivity index (χ0n) is 18.9. The minimum atomic E-state index is -0.473. The number of likely N-dealkylation sites (N-methyl/N-ethyl adjacent to an activating group) is 2. The Balaban J connectivity index is 1.64. The van der Waals surface area contributed by atoms with E-state index in [0.717, 1.165) is 26.2 Å². The van der Waals surface area contributed by atoms with E-state index in [1.807, 2.05) is 30.5 Å². The van der Waals surface area contributed by atoms with Crippen LogP contribution in [0.3, 0.4) is 0 Å². The van der Waals surface area contributed by atoms with Gasteiger partial charge >= 0.3 is 0 Å². The van der Waals surface area contributed by atoms with Crippen LogP contribution in [0.1, 0.15) is 23.3 Å². The molecule has 2 aromatic rings. The van der Waals surface area contributed by atoms with Crippen molar-refractivity contribution >= 4 is 22.5 Å². The van der Waals surface area contributed by atoms with Crippen LogP contribution in [0.2, 0.25) is 0 Å². The summed E-state index contributed by atoms with van der Waals surface area (Å²) >= 11 is 0. The Hall–Kier alpha value is -2.65. The molecule has 2 fully saturated rings. The van der Waals surface area contributed by atoms with E-state index in [-0.39, 0.29) is 22.9 Å². The number of halogens is 1. The van der Waals surface area contributed by atoms with Crippen molar-refractivity contribution < 1.29 is 13.9 Å². The molecule has 32 heavy (non-hydrogen) atoms. The Morgan fingerprint density at radius 2 is 1.66 bits per heavy atom. The molecular weight excluding hydrogens is 413 g/mol. The van der Waals surface area contributed by atoms with Crippen LogP contribution in [0.25, 0.3) is 10.9 Å². The first-order chi connectivity index (χ1) is 15.3. The predicted molar refractivity (Wildman–Crippen MR) is 121 cm³/mol. The molecule has 1 amide bonds. The van der Waals surface area contributed by atoms with Gasteiger partial charge in [-0.1, -0.05) is 0 Å². The maximum absolute atomic E-state index is 15.4. The van der Waals surface area contributed by atoms with Crippen LogP contribution in [0.5, 0.6) is 5.75 Å². The second kappa shape index (κ2) is 8.04. The summed E-state index contributed by atoms with van der Waals surface area (Å²) in [5.41, 5.74) is 0.680. The van der Waals surface area contributed by atoms with Gasteiger partial charge in [0.15, 0.2) is 11.6 Å². The van der Waals surface area contributed by atoms with Crippen molar-refractivity contribution in [2.75, 3.05) is 78.0 Å². The summed E-state index contributed by atoms with van der Waals surface area (Å²) in [6, 6.07) is 1.23. The molecule has 1 atom stereocenters. The summed E-state index contributed by atoms with van der Waals surface area (Å²) in [7, 11) is 4.06. The number of carbonyl (C=O) groups excluding carboxylic acids is 1. The third-order valence-corrected chi connectivity index (χ3v) is 6.98. The average molecular weight is 444 g/mol. The summed E-state index contributed by atoms with van der Waals surface area (Å²) in [6.07, 6.45) is 1.66. The Bertz CT molecular complexity index is 1120. The normalized spacial score (nSPS) is 22.3. The molecule has 4 heterocycles. The highest BCUT2D eigenvalue weighted by Crippen LogP contribution is 2.42. The smallest absolute Gasteiger partial charge is 0.259 e. The largest absolute Gasteiger partial charge is 0.487 e. The molecule has 172 valence electrons. The minimum absolute atomic E-state index is 0.0737. The van der Waals surface area contributed by atoms with Gasteiger partial charge in [-0.3, -0.25) is 9.59 Å². The molecule has 2 saturated heterocycles. The topological polar surface area (TPSA) is 61.3 Å². The van der Waals surface area contributed by atoms with Gasteiger partial charge in [0.1, 0.15) is 17.9 Å². The minimum Gasteiger partial charge on any atom is -0.487 e. The first kappa shape index (κ1) is 21.2. The Morgan fingerprint density at radius 3 is 2.31 bits per heavy atom. The van der Waals surface area contributed by atoms with Gasteiger partial charge in [-0.05, 0) is 27.1 Å². The summed E-state index contributed by atoms with van der Waals surface area (Å²) in [5.74, 6) is -0.338. The number of carbonyl (C=O) groups is 1. The third kappa shape index (κ3) is 3.44. The van der Waals surface area contributed by atoms with E-state index in [0.29, 0.717) is 49.7 Å². The maximum atomic E-state index is 15.4. The molecule has 1 aromatic heterocycles. The van der Waals surface area contributed by atoms with Crippen molar-refractivity contribution in [3.05, 3.63) is 33.9 Å². The second-order valence-electron chi connectivity index (χ2n) is 9.26. The van der Waals surface area contributed by atoms with Crippen LogP contribution in [-0.2, 0) is 0 Å². The molecule has 0 aliphatic carbocycles. The van der Waals surface area contributed by atoms with E-state index in [4.69, 9.17) is 4.74 Å². The number of anilines is 1. The van der Waals surface area contributed by atoms with Gasteiger partial charge in [-0.25, -0.2) is 4.39 Å². The van der Waals surface area contributed by atoms with E-state index in [1.54, 1.807) is 11.1 Å². The lowest BCUT2D eigenvalue weighted by atomic mass is 10.0.